The molecule has 0 aromatic heterocycles. The van der Waals surface area contributed by atoms with E-state index in [1.54, 1.807) is 0 Å². The van der Waals surface area contributed by atoms with Crippen molar-refractivity contribution in [1.82, 2.24) is 10.6 Å². The lowest BCUT2D eigenvalue weighted by Crippen LogP contribution is -2.44. The molecule has 4 nitrogen and oxygen atoms in total. The number of carbonyl (C=O) groups is 1. The number of ether oxygens (including phenoxy) is 1. The number of nitrogens with one attached hydrogen (secondary N) is 2. The normalized spacial score (nSPS) is 30.4. The molecular formula is C13H24N2O2. The zero-order chi connectivity index (χ0) is 12.1. The maximum atomic E-state index is 11.7. The molecule has 1 aliphatic heterocycles. The molecule has 2 atom stereocenters. The van der Waals surface area contributed by atoms with Crippen molar-refractivity contribution in [2.24, 2.45) is 5.92 Å². The monoisotopic (exact) mass is 240 g/mol. The van der Waals surface area contributed by atoms with E-state index in [0.717, 1.165) is 32.0 Å². The highest BCUT2D eigenvalue weighted by molar-refractivity contribution is 5.78. The second-order valence-corrected chi connectivity index (χ2v) is 5.45. The van der Waals surface area contributed by atoms with E-state index in [1.165, 1.54) is 19.3 Å². The first-order chi connectivity index (χ1) is 8.24. The van der Waals surface area contributed by atoms with Crippen molar-refractivity contribution in [2.75, 3.05) is 19.8 Å². The Bertz CT molecular complexity index is 252. The Kier molecular flexibility index (Phi) is 4.80. The Morgan fingerprint density at radius 2 is 1.94 bits per heavy atom. The molecule has 1 saturated heterocycles. The number of rotatable bonds is 4. The van der Waals surface area contributed by atoms with E-state index in [9.17, 15) is 4.79 Å². The van der Waals surface area contributed by atoms with Crippen molar-refractivity contribution in [3.05, 3.63) is 0 Å². The van der Waals surface area contributed by atoms with Gasteiger partial charge in [-0.1, -0.05) is 6.92 Å². The van der Waals surface area contributed by atoms with Gasteiger partial charge in [-0.3, -0.25) is 4.79 Å². The molecule has 0 spiro atoms. The summed E-state index contributed by atoms with van der Waals surface area (Å²) in [6.45, 7) is 4.30. The summed E-state index contributed by atoms with van der Waals surface area (Å²) in [5.74, 6) is 0.947. The lowest BCUT2D eigenvalue weighted by molar-refractivity contribution is -0.121. The van der Waals surface area contributed by atoms with Gasteiger partial charge in [-0.25, -0.2) is 0 Å². The molecular weight excluding hydrogens is 216 g/mol. The van der Waals surface area contributed by atoms with E-state index >= 15 is 0 Å². The van der Waals surface area contributed by atoms with Crippen LogP contribution in [0.4, 0.5) is 0 Å². The average molecular weight is 240 g/mol. The maximum Gasteiger partial charge on any atom is 0.234 e. The van der Waals surface area contributed by atoms with Crippen molar-refractivity contribution in [2.45, 2.75) is 51.1 Å². The van der Waals surface area contributed by atoms with Crippen LogP contribution in [0, 0.1) is 5.92 Å². The molecule has 0 radical (unpaired) electrons. The lowest BCUT2D eigenvalue weighted by atomic mass is 10.1. The Hall–Kier alpha value is -0.610. The zero-order valence-electron chi connectivity index (χ0n) is 10.7. The summed E-state index contributed by atoms with van der Waals surface area (Å²) in [6, 6.07) is 0.867. The zero-order valence-corrected chi connectivity index (χ0v) is 10.7. The number of carbonyl (C=O) groups excluding carboxylic acids is 1. The molecule has 2 aliphatic rings. The summed E-state index contributed by atoms with van der Waals surface area (Å²) in [7, 11) is 0. The van der Waals surface area contributed by atoms with Gasteiger partial charge in [0.15, 0.2) is 0 Å². The first kappa shape index (κ1) is 12.8. The summed E-state index contributed by atoms with van der Waals surface area (Å²) >= 11 is 0. The van der Waals surface area contributed by atoms with Crippen LogP contribution in [0.2, 0.25) is 0 Å². The third-order valence-corrected chi connectivity index (χ3v) is 3.83. The summed E-state index contributed by atoms with van der Waals surface area (Å²) in [6.07, 6.45) is 5.62. The SMILES string of the molecule is CC1CCC(NCC(=O)NC2CCOCC2)C1. The highest BCUT2D eigenvalue weighted by Crippen LogP contribution is 2.24. The van der Waals surface area contributed by atoms with E-state index < -0.39 is 0 Å². The van der Waals surface area contributed by atoms with Crippen molar-refractivity contribution in [3.8, 4) is 0 Å². The van der Waals surface area contributed by atoms with Gasteiger partial charge in [-0.2, -0.15) is 0 Å². The fourth-order valence-corrected chi connectivity index (χ4v) is 2.75. The van der Waals surface area contributed by atoms with E-state index in [4.69, 9.17) is 4.74 Å². The number of hydrogen-bond donors (Lipinski definition) is 2. The fourth-order valence-electron chi connectivity index (χ4n) is 2.75. The third kappa shape index (κ3) is 4.28. The number of hydrogen-bond acceptors (Lipinski definition) is 3. The van der Waals surface area contributed by atoms with Crippen LogP contribution in [-0.4, -0.2) is 37.7 Å². The highest BCUT2D eigenvalue weighted by atomic mass is 16.5. The minimum atomic E-state index is 0.136. The molecule has 2 rings (SSSR count). The van der Waals surface area contributed by atoms with Gasteiger partial charge in [0.2, 0.25) is 5.91 Å². The minimum Gasteiger partial charge on any atom is -0.381 e. The largest absolute Gasteiger partial charge is 0.381 e. The van der Waals surface area contributed by atoms with Crippen LogP contribution in [0.25, 0.3) is 0 Å². The van der Waals surface area contributed by atoms with Crippen LogP contribution in [0.1, 0.15) is 39.0 Å². The van der Waals surface area contributed by atoms with Crippen molar-refractivity contribution < 1.29 is 9.53 Å². The van der Waals surface area contributed by atoms with Gasteiger partial charge in [0.05, 0.1) is 6.54 Å². The molecule has 2 fully saturated rings. The van der Waals surface area contributed by atoms with Crippen LogP contribution >= 0.6 is 0 Å². The molecule has 1 aliphatic carbocycles. The molecule has 2 N–H and O–H groups in total. The van der Waals surface area contributed by atoms with Crippen LogP contribution in [0.3, 0.4) is 0 Å². The molecule has 1 saturated carbocycles. The van der Waals surface area contributed by atoms with Crippen molar-refractivity contribution >= 4 is 5.91 Å². The van der Waals surface area contributed by atoms with E-state index in [0.29, 0.717) is 18.6 Å². The molecule has 0 bridgehead atoms. The summed E-state index contributed by atoms with van der Waals surface area (Å²) in [5.41, 5.74) is 0. The number of amides is 1. The fraction of sp³-hybridized carbons (Fsp3) is 0.923. The molecule has 17 heavy (non-hydrogen) atoms. The summed E-state index contributed by atoms with van der Waals surface area (Å²) < 4.78 is 5.27. The van der Waals surface area contributed by atoms with Gasteiger partial charge < -0.3 is 15.4 Å². The van der Waals surface area contributed by atoms with Gasteiger partial charge in [0.1, 0.15) is 0 Å². The third-order valence-electron chi connectivity index (χ3n) is 3.83. The first-order valence-corrected chi connectivity index (χ1v) is 6.84. The van der Waals surface area contributed by atoms with Gasteiger partial charge in [0.25, 0.3) is 0 Å². The highest BCUT2D eigenvalue weighted by Gasteiger charge is 2.22. The van der Waals surface area contributed by atoms with Gasteiger partial charge in [-0.15, -0.1) is 0 Å². The van der Waals surface area contributed by atoms with Gasteiger partial charge in [0, 0.05) is 25.3 Å². The van der Waals surface area contributed by atoms with Crippen LogP contribution in [0.5, 0.6) is 0 Å². The molecule has 98 valence electrons. The van der Waals surface area contributed by atoms with Crippen LogP contribution in [-0.2, 0) is 9.53 Å². The van der Waals surface area contributed by atoms with E-state index in [1.807, 2.05) is 0 Å². The van der Waals surface area contributed by atoms with Crippen molar-refractivity contribution in [3.63, 3.8) is 0 Å². The quantitative estimate of drug-likeness (QED) is 0.772. The molecule has 1 heterocycles. The Labute approximate surface area is 103 Å². The molecule has 2 unspecified atom stereocenters. The predicted octanol–water partition coefficient (Wildman–Crippen LogP) is 1.06. The van der Waals surface area contributed by atoms with E-state index in [2.05, 4.69) is 17.6 Å². The molecule has 1 amide bonds. The van der Waals surface area contributed by atoms with Gasteiger partial charge >= 0.3 is 0 Å². The lowest BCUT2D eigenvalue weighted by Gasteiger charge is -2.23. The Balaban J connectivity index is 1.60. The Morgan fingerprint density at radius 1 is 1.18 bits per heavy atom. The molecule has 0 aromatic carbocycles. The average Bonchev–Trinajstić information content (AvgIpc) is 2.74. The minimum absolute atomic E-state index is 0.136. The Morgan fingerprint density at radius 3 is 2.59 bits per heavy atom. The van der Waals surface area contributed by atoms with Gasteiger partial charge in [-0.05, 0) is 38.0 Å². The second-order valence-electron chi connectivity index (χ2n) is 5.45. The van der Waals surface area contributed by atoms with Crippen LogP contribution in [0.15, 0.2) is 0 Å². The second kappa shape index (κ2) is 6.36. The van der Waals surface area contributed by atoms with E-state index in [-0.39, 0.29) is 5.91 Å². The van der Waals surface area contributed by atoms with Crippen LogP contribution < -0.4 is 10.6 Å². The predicted molar refractivity (Wildman–Crippen MR) is 66.8 cm³/mol. The standard InChI is InChI=1S/C13H24N2O2/c1-10-2-3-12(8-10)14-9-13(16)15-11-4-6-17-7-5-11/h10-12,14H,2-9H2,1H3,(H,15,16). The maximum absolute atomic E-state index is 11.7. The summed E-state index contributed by atoms with van der Waals surface area (Å²) in [4.78, 5) is 11.7. The first-order valence-electron chi connectivity index (χ1n) is 6.84. The molecule has 0 aromatic rings. The topological polar surface area (TPSA) is 50.4 Å². The summed E-state index contributed by atoms with van der Waals surface area (Å²) in [5, 5.41) is 6.43. The smallest absolute Gasteiger partial charge is 0.234 e. The van der Waals surface area contributed by atoms with Crippen molar-refractivity contribution in [1.29, 1.82) is 0 Å². The molecule has 4 heteroatoms.